The summed E-state index contributed by atoms with van der Waals surface area (Å²) in [6.45, 7) is 5.53. The number of methoxy groups -OCH3 is 1. The summed E-state index contributed by atoms with van der Waals surface area (Å²) in [6, 6.07) is 3.52. The number of nitrogens with zero attached hydrogens (tertiary/aromatic N) is 1. The zero-order valence-corrected chi connectivity index (χ0v) is 13.1. The number of carbonyl (C=O) groups is 1. The van der Waals surface area contributed by atoms with Crippen LogP contribution in [0.4, 0.5) is 5.69 Å². The molecule has 5 nitrogen and oxygen atoms in total. The molecular formula is C14H22ClN3O2. The Labute approximate surface area is 125 Å². The van der Waals surface area contributed by atoms with Crippen molar-refractivity contribution < 1.29 is 9.53 Å². The van der Waals surface area contributed by atoms with Gasteiger partial charge < -0.3 is 20.7 Å². The van der Waals surface area contributed by atoms with Gasteiger partial charge in [-0.2, -0.15) is 0 Å². The third kappa shape index (κ3) is 4.28. The molecule has 0 unspecified atom stereocenters. The van der Waals surface area contributed by atoms with E-state index in [9.17, 15) is 4.79 Å². The molecule has 0 saturated carbocycles. The average molecular weight is 300 g/mol. The number of ether oxygens (including phenoxy) is 1. The Morgan fingerprint density at radius 1 is 1.50 bits per heavy atom. The Balaban J connectivity index is 2.70. The molecule has 20 heavy (non-hydrogen) atoms. The van der Waals surface area contributed by atoms with E-state index in [0.717, 1.165) is 6.54 Å². The van der Waals surface area contributed by atoms with Crippen LogP contribution in [0.2, 0.25) is 5.02 Å². The van der Waals surface area contributed by atoms with E-state index in [4.69, 9.17) is 22.1 Å². The lowest BCUT2D eigenvalue weighted by Crippen LogP contribution is -2.36. The molecule has 0 bridgehead atoms. The van der Waals surface area contributed by atoms with Crippen LogP contribution in [0.1, 0.15) is 24.2 Å². The number of nitrogen functional groups attached to an aromatic ring is 1. The molecule has 112 valence electrons. The Bertz CT molecular complexity index is 478. The molecule has 3 N–H and O–H groups in total. The molecule has 0 heterocycles. The first-order chi connectivity index (χ1) is 9.36. The molecule has 0 aliphatic rings. The SMILES string of the molecule is COc1cc(N)c(Cl)cc1C(=O)NCCN(C)C(C)C. The monoisotopic (exact) mass is 299 g/mol. The highest BCUT2D eigenvalue weighted by atomic mass is 35.5. The molecule has 1 aromatic carbocycles. The van der Waals surface area contributed by atoms with Crippen molar-refractivity contribution in [1.29, 1.82) is 0 Å². The van der Waals surface area contributed by atoms with Crippen molar-refractivity contribution in [3.63, 3.8) is 0 Å². The van der Waals surface area contributed by atoms with Crippen molar-refractivity contribution in [2.24, 2.45) is 0 Å². The van der Waals surface area contributed by atoms with Crippen molar-refractivity contribution in [2.45, 2.75) is 19.9 Å². The first-order valence-corrected chi connectivity index (χ1v) is 6.86. The van der Waals surface area contributed by atoms with E-state index >= 15 is 0 Å². The van der Waals surface area contributed by atoms with Gasteiger partial charge in [-0.3, -0.25) is 4.79 Å². The van der Waals surface area contributed by atoms with Crippen LogP contribution in [-0.2, 0) is 0 Å². The summed E-state index contributed by atoms with van der Waals surface area (Å²) in [5, 5.41) is 3.19. The van der Waals surface area contributed by atoms with Gasteiger partial charge in [-0.25, -0.2) is 0 Å². The summed E-state index contributed by atoms with van der Waals surface area (Å²) in [6.07, 6.45) is 0. The Morgan fingerprint density at radius 3 is 2.70 bits per heavy atom. The zero-order chi connectivity index (χ0) is 15.3. The van der Waals surface area contributed by atoms with E-state index in [1.807, 2.05) is 7.05 Å². The van der Waals surface area contributed by atoms with Crippen LogP contribution >= 0.6 is 11.6 Å². The van der Waals surface area contributed by atoms with E-state index in [0.29, 0.717) is 34.6 Å². The van der Waals surface area contributed by atoms with Crippen LogP contribution in [0.25, 0.3) is 0 Å². The molecular weight excluding hydrogens is 278 g/mol. The Hall–Kier alpha value is -1.46. The van der Waals surface area contributed by atoms with Gasteiger partial charge in [-0.05, 0) is 27.0 Å². The molecule has 0 aromatic heterocycles. The number of hydrogen-bond acceptors (Lipinski definition) is 4. The standard InChI is InChI=1S/C14H22ClN3O2/c1-9(2)18(3)6-5-17-14(19)10-7-11(15)12(16)8-13(10)20-4/h7-9H,5-6,16H2,1-4H3,(H,17,19). The number of halogens is 1. The Kier molecular flexibility index (Phi) is 6.10. The van der Waals surface area contributed by atoms with Crippen LogP contribution in [-0.4, -0.2) is 44.1 Å². The second-order valence-electron chi connectivity index (χ2n) is 4.90. The number of anilines is 1. The van der Waals surface area contributed by atoms with Crippen molar-refractivity contribution in [1.82, 2.24) is 10.2 Å². The number of likely N-dealkylation sites (N-methyl/N-ethyl adjacent to an activating group) is 1. The number of nitrogens with one attached hydrogen (secondary N) is 1. The van der Waals surface area contributed by atoms with Gasteiger partial charge >= 0.3 is 0 Å². The molecule has 0 atom stereocenters. The van der Waals surface area contributed by atoms with E-state index in [2.05, 4.69) is 24.1 Å². The highest BCUT2D eigenvalue weighted by Crippen LogP contribution is 2.28. The molecule has 0 radical (unpaired) electrons. The van der Waals surface area contributed by atoms with Crippen LogP contribution in [0.15, 0.2) is 12.1 Å². The van der Waals surface area contributed by atoms with E-state index in [-0.39, 0.29) is 5.91 Å². The van der Waals surface area contributed by atoms with Crippen LogP contribution in [0, 0.1) is 0 Å². The largest absolute Gasteiger partial charge is 0.496 e. The summed E-state index contributed by atoms with van der Waals surface area (Å²) < 4.78 is 5.16. The fraction of sp³-hybridized carbons (Fsp3) is 0.500. The molecule has 0 spiro atoms. The average Bonchev–Trinajstić information content (AvgIpc) is 2.40. The number of rotatable bonds is 6. The van der Waals surface area contributed by atoms with Crippen molar-refractivity contribution in [3.05, 3.63) is 22.7 Å². The molecule has 1 aromatic rings. The molecule has 1 rings (SSSR count). The van der Waals surface area contributed by atoms with Gasteiger partial charge in [0.1, 0.15) is 5.75 Å². The van der Waals surface area contributed by atoms with Gasteiger partial charge in [0.05, 0.1) is 23.4 Å². The third-order valence-corrected chi connectivity index (χ3v) is 3.52. The highest BCUT2D eigenvalue weighted by molar-refractivity contribution is 6.33. The maximum Gasteiger partial charge on any atom is 0.255 e. The second kappa shape index (κ2) is 7.36. The van der Waals surface area contributed by atoms with Gasteiger partial charge in [-0.15, -0.1) is 0 Å². The van der Waals surface area contributed by atoms with Crippen molar-refractivity contribution in [2.75, 3.05) is 33.0 Å². The van der Waals surface area contributed by atoms with Crippen LogP contribution in [0.5, 0.6) is 5.75 Å². The quantitative estimate of drug-likeness (QED) is 0.789. The normalized spacial score (nSPS) is 10.9. The first kappa shape index (κ1) is 16.6. The number of carbonyl (C=O) groups excluding carboxylic acids is 1. The lowest BCUT2D eigenvalue weighted by Gasteiger charge is -2.21. The topological polar surface area (TPSA) is 67.6 Å². The predicted octanol–water partition coefficient (Wildman–Crippen LogP) is 2.00. The lowest BCUT2D eigenvalue weighted by molar-refractivity contribution is 0.0945. The molecule has 0 aliphatic heterocycles. The molecule has 1 amide bonds. The maximum atomic E-state index is 12.1. The molecule has 0 aliphatic carbocycles. The Morgan fingerprint density at radius 2 is 2.15 bits per heavy atom. The molecule has 0 fully saturated rings. The fourth-order valence-corrected chi connectivity index (χ4v) is 1.78. The van der Waals surface area contributed by atoms with Crippen molar-refractivity contribution in [3.8, 4) is 5.75 Å². The summed E-state index contributed by atoms with van der Waals surface area (Å²) >= 11 is 5.94. The number of hydrogen-bond donors (Lipinski definition) is 2. The summed E-state index contributed by atoms with van der Waals surface area (Å²) in [7, 11) is 3.50. The second-order valence-corrected chi connectivity index (χ2v) is 5.31. The highest BCUT2D eigenvalue weighted by Gasteiger charge is 2.15. The van der Waals surface area contributed by atoms with Gasteiger partial charge in [0.2, 0.25) is 0 Å². The van der Waals surface area contributed by atoms with Gasteiger partial charge in [0, 0.05) is 25.2 Å². The number of nitrogens with two attached hydrogens (primary N) is 1. The van der Waals surface area contributed by atoms with Crippen LogP contribution < -0.4 is 15.8 Å². The summed E-state index contributed by atoms with van der Waals surface area (Å²) in [5.74, 6) is 0.197. The zero-order valence-electron chi connectivity index (χ0n) is 12.4. The molecule has 0 saturated heterocycles. The number of benzene rings is 1. The summed E-state index contributed by atoms with van der Waals surface area (Å²) in [4.78, 5) is 14.3. The first-order valence-electron chi connectivity index (χ1n) is 6.48. The minimum absolute atomic E-state index is 0.221. The van der Waals surface area contributed by atoms with Crippen LogP contribution in [0.3, 0.4) is 0 Å². The lowest BCUT2D eigenvalue weighted by atomic mass is 10.1. The minimum Gasteiger partial charge on any atom is -0.496 e. The maximum absolute atomic E-state index is 12.1. The fourth-order valence-electron chi connectivity index (χ4n) is 1.61. The third-order valence-electron chi connectivity index (χ3n) is 3.20. The molecule has 6 heteroatoms. The van der Waals surface area contributed by atoms with Gasteiger partial charge in [-0.1, -0.05) is 11.6 Å². The van der Waals surface area contributed by atoms with E-state index in [1.165, 1.54) is 13.2 Å². The van der Waals surface area contributed by atoms with E-state index in [1.54, 1.807) is 6.07 Å². The minimum atomic E-state index is -0.221. The smallest absolute Gasteiger partial charge is 0.255 e. The van der Waals surface area contributed by atoms with E-state index < -0.39 is 0 Å². The van der Waals surface area contributed by atoms with Gasteiger partial charge in [0.25, 0.3) is 5.91 Å². The predicted molar refractivity (Wildman–Crippen MR) is 82.5 cm³/mol. The van der Waals surface area contributed by atoms with Gasteiger partial charge in [0.15, 0.2) is 0 Å². The number of amides is 1. The summed E-state index contributed by atoms with van der Waals surface area (Å²) in [5.41, 5.74) is 6.46. The van der Waals surface area contributed by atoms with Crippen molar-refractivity contribution >= 4 is 23.2 Å².